The zero-order chi connectivity index (χ0) is 16.8. The minimum Gasteiger partial charge on any atom is -0.391 e. The van der Waals surface area contributed by atoms with Gasteiger partial charge in [-0.15, -0.1) is 0 Å². The molecule has 7 nitrogen and oxygen atoms in total. The van der Waals surface area contributed by atoms with Gasteiger partial charge in [-0.2, -0.15) is 5.10 Å². The SMILES string of the molecule is CCCC(O)CNC(=O)Nc1ccc(-n2nc(C)cc2C)nc1. The van der Waals surface area contributed by atoms with E-state index < -0.39 is 6.10 Å². The molecule has 2 aromatic rings. The van der Waals surface area contributed by atoms with Gasteiger partial charge in [0.2, 0.25) is 0 Å². The lowest BCUT2D eigenvalue weighted by atomic mass is 10.2. The molecule has 2 amide bonds. The summed E-state index contributed by atoms with van der Waals surface area (Å²) in [7, 11) is 0. The van der Waals surface area contributed by atoms with Crippen LogP contribution in [-0.4, -0.2) is 38.6 Å². The normalized spacial score (nSPS) is 12.0. The summed E-state index contributed by atoms with van der Waals surface area (Å²) >= 11 is 0. The smallest absolute Gasteiger partial charge is 0.319 e. The van der Waals surface area contributed by atoms with Crippen LogP contribution in [0.25, 0.3) is 5.82 Å². The molecule has 0 aliphatic heterocycles. The molecule has 0 saturated carbocycles. The fraction of sp³-hybridized carbons (Fsp3) is 0.438. The highest BCUT2D eigenvalue weighted by Crippen LogP contribution is 2.12. The number of hydrogen-bond donors (Lipinski definition) is 3. The molecule has 0 fully saturated rings. The molecule has 0 radical (unpaired) electrons. The van der Waals surface area contributed by atoms with Crippen LogP contribution in [0.15, 0.2) is 24.4 Å². The molecule has 0 saturated heterocycles. The number of rotatable bonds is 6. The van der Waals surface area contributed by atoms with Crippen molar-refractivity contribution in [3.63, 3.8) is 0 Å². The van der Waals surface area contributed by atoms with Crippen LogP contribution < -0.4 is 10.6 Å². The zero-order valence-electron chi connectivity index (χ0n) is 13.7. The Labute approximate surface area is 135 Å². The summed E-state index contributed by atoms with van der Waals surface area (Å²) in [6.07, 6.45) is 2.60. The summed E-state index contributed by atoms with van der Waals surface area (Å²) in [5.74, 6) is 0.694. The first-order chi connectivity index (χ1) is 11.0. The second kappa shape index (κ2) is 7.73. The van der Waals surface area contributed by atoms with Gasteiger partial charge >= 0.3 is 6.03 Å². The van der Waals surface area contributed by atoms with Crippen LogP contribution in [0, 0.1) is 13.8 Å². The standard InChI is InChI=1S/C16H23N5O2/c1-4-5-14(22)10-18-16(23)19-13-6-7-15(17-9-13)21-12(3)8-11(2)20-21/h6-9,14,22H,4-5,10H2,1-3H3,(H2,18,19,23). The Morgan fingerprint density at radius 2 is 2.17 bits per heavy atom. The summed E-state index contributed by atoms with van der Waals surface area (Å²) in [6.45, 7) is 6.11. The molecule has 23 heavy (non-hydrogen) atoms. The Morgan fingerprint density at radius 3 is 2.74 bits per heavy atom. The number of aryl methyl sites for hydroxylation is 2. The van der Waals surface area contributed by atoms with Gasteiger partial charge in [-0.05, 0) is 38.5 Å². The lowest BCUT2D eigenvalue weighted by Gasteiger charge is -2.11. The summed E-state index contributed by atoms with van der Waals surface area (Å²) in [5.41, 5.74) is 2.51. The summed E-state index contributed by atoms with van der Waals surface area (Å²) in [6, 6.07) is 5.17. The molecule has 0 bridgehead atoms. The van der Waals surface area contributed by atoms with Crippen LogP contribution in [0.2, 0.25) is 0 Å². The van der Waals surface area contributed by atoms with Gasteiger partial charge in [0.15, 0.2) is 5.82 Å². The number of nitrogens with zero attached hydrogens (tertiary/aromatic N) is 3. The molecule has 2 aromatic heterocycles. The van der Waals surface area contributed by atoms with Crippen molar-refractivity contribution < 1.29 is 9.90 Å². The first-order valence-electron chi connectivity index (χ1n) is 7.72. The van der Waals surface area contributed by atoms with Crippen LogP contribution >= 0.6 is 0 Å². The number of carbonyl (C=O) groups excluding carboxylic acids is 1. The largest absolute Gasteiger partial charge is 0.391 e. The molecule has 0 aliphatic carbocycles. The molecular formula is C16H23N5O2. The van der Waals surface area contributed by atoms with E-state index in [1.165, 1.54) is 0 Å². The average molecular weight is 317 g/mol. The van der Waals surface area contributed by atoms with E-state index in [2.05, 4.69) is 20.7 Å². The van der Waals surface area contributed by atoms with Gasteiger partial charge in [-0.1, -0.05) is 13.3 Å². The third-order valence-electron chi connectivity index (χ3n) is 3.35. The van der Waals surface area contributed by atoms with Gasteiger partial charge in [0.05, 0.1) is 23.7 Å². The van der Waals surface area contributed by atoms with E-state index in [1.54, 1.807) is 23.0 Å². The number of aliphatic hydroxyl groups is 1. The average Bonchev–Trinajstić information content (AvgIpc) is 2.85. The van der Waals surface area contributed by atoms with Crippen molar-refractivity contribution >= 4 is 11.7 Å². The third kappa shape index (κ3) is 4.79. The van der Waals surface area contributed by atoms with Crippen molar-refractivity contribution in [1.82, 2.24) is 20.1 Å². The van der Waals surface area contributed by atoms with Crippen molar-refractivity contribution in [3.8, 4) is 5.82 Å². The number of urea groups is 1. The first-order valence-corrected chi connectivity index (χ1v) is 7.72. The van der Waals surface area contributed by atoms with Crippen molar-refractivity contribution in [2.75, 3.05) is 11.9 Å². The fourth-order valence-electron chi connectivity index (χ4n) is 2.27. The number of pyridine rings is 1. The Bertz CT molecular complexity index is 651. The van der Waals surface area contributed by atoms with Gasteiger partial charge in [0, 0.05) is 12.2 Å². The molecule has 1 unspecified atom stereocenters. The van der Waals surface area contributed by atoms with Gasteiger partial charge in [0.1, 0.15) is 0 Å². The quantitative estimate of drug-likeness (QED) is 0.761. The molecule has 0 aliphatic rings. The van der Waals surface area contributed by atoms with Gasteiger partial charge in [-0.3, -0.25) is 0 Å². The van der Waals surface area contributed by atoms with E-state index in [0.717, 1.165) is 17.8 Å². The number of aromatic nitrogens is 3. The van der Waals surface area contributed by atoms with E-state index in [-0.39, 0.29) is 12.6 Å². The molecule has 0 spiro atoms. The number of carbonyl (C=O) groups is 1. The molecule has 2 heterocycles. The molecule has 3 N–H and O–H groups in total. The molecule has 1 atom stereocenters. The van der Waals surface area contributed by atoms with Crippen molar-refractivity contribution in [2.45, 2.75) is 39.7 Å². The van der Waals surface area contributed by atoms with Crippen LogP contribution in [0.4, 0.5) is 10.5 Å². The van der Waals surface area contributed by atoms with Gasteiger partial charge in [0.25, 0.3) is 0 Å². The van der Waals surface area contributed by atoms with Crippen LogP contribution in [0.1, 0.15) is 31.2 Å². The monoisotopic (exact) mass is 317 g/mol. The topological polar surface area (TPSA) is 92.1 Å². The molecular weight excluding hydrogens is 294 g/mol. The zero-order valence-corrected chi connectivity index (χ0v) is 13.7. The maximum atomic E-state index is 11.8. The Morgan fingerprint density at radius 1 is 1.39 bits per heavy atom. The van der Waals surface area contributed by atoms with E-state index >= 15 is 0 Å². The number of amides is 2. The molecule has 124 valence electrons. The van der Waals surface area contributed by atoms with E-state index in [9.17, 15) is 9.90 Å². The minimum atomic E-state index is -0.516. The van der Waals surface area contributed by atoms with E-state index in [1.807, 2.05) is 26.8 Å². The highest BCUT2D eigenvalue weighted by molar-refractivity contribution is 5.89. The predicted octanol–water partition coefficient (Wildman–Crippen LogP) is 2.17. The fourth-order valence-corrected chi connectivity index (χ4v) is 2.27. The van der Waals surface area contributed by atoms with Crippen molar-refractivity contribution in [1.29, 1.82) is 0 Å². The second-order valence-corrected chi connectivity index (χ2v) is 5.52. The number of hydrogen-bond acceptors (Lipinski definition) is 4. The highest BCUT2D eigenvalue weighted by Gasteiger charge is 2.08. The van der Waals surface area contributed by atoms with Gasteiger partial charge < -0.3 is 15.7 Å². The van der Waals surface area contributed by atoms with Crippen molar-refractivity contribution in [3.05, 3.63) is 35.8 Å². The number of nitrogens with one attached hydrogen (secondary N) is 2. The Hall–Kier alpha value is -2.41. The third-order valence-corrected chi connectivity index (χ3v) is 3.35. The maximum Gasteiger partial charge on any atom is 0.319 e. The number of aliphatic hydroxyl groups excluding tert-OH is 1. The lowest BCUT2D eigenvalue weighted by molar-refractivity contribution is 0.162. The molecule has 7 heteroatoms. The minimum absolute atomic E-state index is 0.233. The highest BCUT2D eigenvalue weighted by atomic mass is 16.3. The van der Waals surface area contributed by atoms with Crippen molar-refractivity contribution in [2.24, 2.45) is 0 Å². The first kappa shape index (κ1) is 17.0. The summed E-state index contributed by atoms with van der Waals surface area (Å²) in [4.78, 5) is 16.1. The molecule has 0 aromatic carbocycles. The van der Waals surface area contributed by atoms with Crippen LogP contribution in [-0.2, 0) is 0 Å². The van der Waals surface area contributed by atoms with Crippen LogP contribution in [0.5, 0.6) is 0 Å². The predicted molar refractivity (Wildman–Crippen MR) is 88.8 cm³/mol. The van der Waals surface area contributed by atoms with Gasteiger partial charge in [-0.25, -0.2) is 14.5 Å². The number of anilines is 1. The van der Waals surface area contributed by atoms with Crippen LogP contribution in [0.3, 0.4) is 0 Å². The van der Waals surface area contributed by atoms with E-state index in [4.69, 9.17) is 0 Å². The molecule has 2 rings (SSSR count). The Kier molecular flexibility index (Phi) is 5.70. The summed E-state index contributed by atoms with van der Waals surface area (Å²) in [5, 5.41) is 19.3. The summed E-state index contributed by atoms with van der Waals surface area (Å²) < 4.78 is 1.75. The van der Waals surface area contributed by atoms with E-state index in [0.29, 0.717) is 17.9 Å². The lowest BCUT2D eigenvalue weighted by Crippen LogP contribution is -2.35. The maximum absolute atomic E-state index is 11.8. The Balaban J connectivity index is 1.92. The second-order valence-electron chi connectivity index (χ2n) is 5.52.